The summed E-state index contributed by atoms with van der Waals surface area (Å²) in [4.78, 5) is 12.1. The van der Waals surface area contributed by atoms with Gasteiger partial charge in [0, 0.05) is 0 Å². The smallest absolute Gasteiger partial charge is 0.476 e. The second-order valence-corrected chi connectivity index (χ2v) is 14.3. The molecular formula is C28H56O8PS+. The van der Waals surface area contributed by atoms with Gasteiger partial charge in [-0.1, -0.05) is 111 Å². The summed E-state index contributed by atoms with van der Waals surface area (Å²) in [6, 6.07) is 0. The lowest BCUT2D eigenvalue weighted by atomic mass is 10.1. The largest absolute Gasteiger partial charge is 0.559 e. The van der Waals surface area contributed by atoms with Crippen LogP contribution in [0.25, 0.3) is 0 Å². The minimum atomic E-state index is -3.61. The SMILES string of the molecule is CCCCCCCCCCCCS(=O)(=O)C(CCCCCCC)C(C)OC(CO)(C(=O)O)[P+](=O)OCCC. The second kappa shape index (κ2) is 22.1. The van der Waals surface area contributed by atoms with Crippen LogP contribution in [0.4, 0.5) is 0 Å². The first-order valence-electron chi connectivity index (χ1n) is 15.0. The van der Waals surface area contributed by atoms with E-state index in [0.717, 1.165) is 44.9 Å². The quantitative estimate of drug-likeness (QED) is 0.0756. The van der Waals surface area contributed by atoms with Crippen molar-refractivity contribution in [2.24, 2.45) is 0 Å². The van der Waals surface area contributed by atoms with Crippen LogP contribution >= 0.6 is 8.03 Å². The number of aliphatic carboxylic acids is 1. The minimum Gasteiger partial charge on any atom is -0.476 e. The van der Waals surface area contributed by atoms with E-state index in [1.54, 1.807) is 6.92 Å². The number of carboxylic acids is 1. The maximum Gasteiger partial charge on any atom is 0.559 e. The number of hydrogen-bond acceptors (Lipinski definition) is 7. The summed E-state index contributed by atoms with van der Waals surface area (Å²) in [5.41, 5.74) is 0. The first-order valence-corrected chi connectivity index (χ1v) is 17.9. The van der Waals surface area contributed by atoms with Crippen LogP contribution in [0.5, 0.6) is 0 Å². The molecule has 4 atom stereocenters. The Morgan fingerprint density at radius 2 is 1.29 bits per heavy atom. The zero-order chi connectivity index (χ0) is 28.9. The summed E-state index contributed by atoms with van der Waals surface area (Å²) in [6.45, 7) is 6.56. The Morgan fingerprint density at radius 3 is 1.74 bits per heavy atom. The second-order valence-electron chi connectivity index (χ2n) is 10.5. The Morgan fingerprint density at radius 1 is 0.816 bits per heavy atom. The van der Waals surface area contributed by atoms with E-state index >= 15 is 0 Å². The van der Waals surface area contributed by atoms with Crippen LogP contribution in [0.15, 0.2) is 0 Å². The third-order valence-electron chi connectivity index (χ3n) is 7.00. The molecule has 0 saturated carbocycles. The van der Waals surface area contributed by atoms with Crippen LogP contribution in [0.1, 0.15) is 137 Å². The molecule has 0 spiro atoms. The van der Waals surface area contributed by atoms with Crippen molar-refractivity contribution in [1.82, 2.24) is 0 Å². The lowest BCUT2D eigenvalue weighted by Gasteiger charge is -2.28. The fourth-order valence-corrected chi connectivity index (χ4v) is 7.75. The molecule has 0 bridgehead atoms. The average molecular weight is 584 g/mol. The van der Waals surface area contributed by atoms with E-state index in [2.05, 4.69) is 13.8 Å². The lowest BCUT2D eigenvalue weighted by molar-refractivity contribution is -0.164. The number of aliphatic hydroxyl groups excluding tert-OH is 1. The molecule has 8 nitrogen and oxygen atoms in total. The summed E-state index contributed by atoms with van der Waals surface area (Å²) in [6.07, 6.45) is 15.4. The number of sulfone groups is 1. The zero-order valence-corrected chi connectivity index (χ0v) is 26.2. The number of aliphatic hydroxyl groups is 1. The van der Waals surface area contributed by atoms with Gasteiger partial charge in [0.05, 0.1) is 17.1 Å². The fraction of sp³-hybridized carbons (Fsp3) is 0.964. The van der Waals surface area contributed by atoms with E-state index in [-0.39, 0.29) is 12.4 Å². The summed E-state index contributed by atoms with van der Waals surface area (Å²) in [7, 11) is -6.54. The van der Waals surface area contributed by atoms with Gasteiger partial charge in [0.1, 0.15) is 13.2 Å². The maximum atomic E-state index is 13.4. The molecule has 0 amide bonds. The topological polar surface area (TPSA) is 127 Å². The molecule has 38 heavy (non-hydrogen) atoms. The molecule has 2 N–H and O–H groups in total. The van der Waals surface area contributed by atoms with Gasteiger partial charge in [0.2, 0.25) is 0 Å². The predicted molar refractivity (Wildman–Crippen MR) is 155 cm³/mol. The van der Waals surface area contributed by atoms with Crippen molar-refractivity contribution in [3.8, 4) is 0 Å². The van der Waals surface area contributed by atoms with Gasteiger partial charge in [-0.25, -0.2) is 13.2 Å². The zero-order valence-electron chi connectivity index (χ0n) is 24.5. The van der Waals surface area contributed by atoms with Crippen molar-refractivity contribution in [1.29, 1.82) is 0 Å². The summed E-state index contributed by atoms with van der Waals surface area (Å²) < 4.78 is 50.4. The third-order valence-corrected chi connectivity index (χ3v) is 10.8. The molecule has 226 valence electrons. The molecule has 0 saturated heterocycles. The Kier molecular flexibility index (Phi) is 21.8. The number of unbranched alkanes of at least 4 members (excludes halogenated alkanes) is 13. The van der Waals surface area contributed by atoms with Crippen LogP contribution in [-0.2, 0) is 28.5 Å². The molecule has 0 radical (unpaired) electrons. The van der Waals surface area contributed by atoms with Crippen molar-refractivity contribution >= 4 is 23.8 Å². The highest BCUT2D eigenvalue weighted by molar-refractivity contribution is 7.92. The first kappa shape index (κ1) is 37.4. The standard InChI is InChI=1S/C28H55O8PS/c1-5-8-10-12-13-14-15-16-18-20-23-38(33,34)26(21-19-17-11-9-6-2)25(4)36-28(24-29,27(30)31)37(32)35-22-7-3/h25-26,29H,5-24H2,1-4H3/p+1. The van der Waals surface area contributed by atoms with E-state index in [0.29, 0.717) is 25.7 Å². The first-order chi connectivity index (χ1) is 18.1. The number of ether oxygens (including phenoxy) is 1. The predicted octanol–water partition coefficient (Wildman–Crippen LogP) is 7.40. The van der Waals surface area contributed by atoms with Gasteiger partial charge in [-0.15, -0.1) is 4.52 Å². The molecular weight excluding hydrogens is 527 g/mol. The Balaban J connectivity index is 5.24. The van der Waals surface area contributed by atoms with Gasteiger partial charge >= 0.3 is 19.3 Å². The summed E-state index contributed by atoms with van der Waals surface area (Å²) >= 11 is 0. The van der Waals surface area contributed by atoms with E-state index in [9.17, 15) is 28.0 Å². The minimum absolute atomic E-state index is 0.00843. The highest BCUT2D eigenvalue weighted by atomic mass is 32.2. The molecule has 0 aliphatic rings. The van der Waals surface area contributed by atoms with Crippen molar-refractivity contribution < 1.29 is 37.3 Å². The maximum absolute atomic E-state index is 13.4. The van der Waals surface area contributed by atoms with Crippen LogP contribution in [-0.4, -0.2) is 60.3 Å². The van der Waals surface area contributed by atoms with Gasteiger partial charge in [0.15, 0.2) is 9.84 Å². The number of carboxylic acid groups (broad SMARTS) is 1. The van der Waals surface area contributed by atoms with Gasteiger partial charge in [-0.05, 0) is 30.8 Å². The van der Waals surface area contributed by atoms with Gasteiger partial charge in [0.25, 0.3) is 0 Å². The van der Waals surface area contributed by atoms with Crippen LogP contribution in [0.2, 0.25) is 0 Å². The average Bonchev–Trinajstić information content (AvgIpc) is 2.88. The van der Waals surface area contributed by atoms with Crippen LogP contribution < -0.4 is 0 Å². The molecule has 10 heteroatoms. The molecule has 0 aliphatic heterocycles. The molecule has 0 aromatic rings. The van der Waals surface area contributed by atoms with Crippen LogP contribution in [0.3, 0.4) is 0 Å². The molecule has 0 aromatic carbocycles. The molecule has 0 fully saturated rings. The number of carbonyl (C=O) groups is 1. The molecule has 0 aromatic heterocycles. The fourth-order valence-electron chi connectivity index (χ4n) is 4.59. The Labute approximate surface area is 233 Å². The number of rotatable bonds is 27. The molecule has 4 unspecified atom stereocenters. The van der Waals surface area contributed by atoms with E-state index in [1.165, 1.54) is 45.4 Å². The van der Waals surface area contributed by atoms with E-state index in [1.807, 2.05) is 0 Å². The van der Waals surface area contributed by atoms with E-state index < -0.39 is 47.1 Å². The number of hydrogen-bond donors (Lipinski definition) is 2. The van der Waals surface area contributed by atoms with Gasteiger partial charge in [-0.2, -0.15) is 0 Å². The van der Waals surface area contributed by atoms with Crippen molar-refractivity contribution in [3.63, 3.8) is 0 Å². The molecule has 0 heterocycles. The highest BCUT2D eigenvalue weighted by Gasteiger charge is 2.62. The van der Waals surface area contributed by atoms with Gasteiger partial charge in [-0.3, -0.25) is 0 Å². The summed E-state index contributed by atoms with van der Waals surface area (Å²) in [5.74, 6) is -1.62. The third kappa shape index (κ3) is 14.7. The van der Waals surface area contributed by atoms with Crippen molar-refractivity contribution in [3.05, 3.63) is 0 Å². The van der Waals surface area contributed by atoms with Crippen molar-refractivity contribution in [2.75, 3.05) is 19.0 Å². The monoisotopic (exact) mass is 583 g/mol. The summed E-state index contributed by atoms with van der Waals surface area (Å²) in [5, 5.41) is 16.3. The molecule has 0 aliphatic carbocycles. The van der Waals surface area contributed by atoms with E-state index in [4.69, 9.17) is 9.26 Å². The normalized spacial score (nSPS) is 15.7. The Bertz CT molecular complexity index is 730. The highest BCUT2D eigenvalue weighted by Crippen LogP contribution is 2.43. The lowest BCUT2D eigenvalue weighted by Crippen LogP contribution is -2.48. The molecule has 0 rings (SSSR count). The Hall–Kier alpha value is -0.600. The van der Waals surface area contributed by atoms with Crippen molar-refractivity contribution in [2.45, 2.75) is 154 Å². The van der Waals surface area contributed by atoms with Crippen LogP contribution in [0, 0.1) is 0 Å². The van der Waals surface area contributed by atoms with Gasteiger partial charge < -0.3 is 14.9 Å².